The molecule has 0 radical (unpaired) electrons. The Hall–Kier alpha value is -3.62. The number of nitrogens with zero attached hydrogens (tertiary/aromatic N) is 2. The van der Waals surface area contributed by atoms with Crippen LogP contribution in [0.15, 0.2) is 48.4 Å². The van der Waals surface area contributed by atoms with E-state index in [-0.39, 0.29) is 0 Å². The monoisotopic (exact) mass is 1020 g/mol. The van der Waals surface area contributed by atoms with Gasteiger partial charge in [-0.2, -0.15) is 10.5 Å². The predicted octanol–water partition coefficient (Wildman–Crippen LogP) is 22.2. The maximum atomic E-state index is 11.0. The van der Waals surface area contributed by atoms with Gasteiger partial charge in [0.2, 0.25) is 0 Å². The fourth-order valence-electron chi connectivity index (χ4n) is 9.60. The molecular weight excluding hydrogens is 925 g/mol. The molecule has 0 atom stereocenters. The molecule has 0 fully saturated rings. The van der Waals surface area contributed by atoms with E-state index in [2.05, 4.69) is 82.1 Å². The van der Waals surface area contributed by atoms with Crippen LogP contribution in [-0.4, -0.2) is 13.2 Å². The van der Waals surface area contributed by atoms with Crippen LogP contribution < -0.4 is 9.47 Å². The minimum Gasteiger partial charge on any atom is -0.493 e. The van der Waals surface area contributed by atoms with E-state index < -0.39 is 0 Å². The highest BCUT2D eigenvalue weighted by molar-refractivity contribution is 7.26. The quantitative estimate of drug-likeness (QED) is 0.0327. The Kier molecular flexibility index (Phi) is 32.1. The Labute approximate surface area is 446 Å². The van der Waals surface area contributed by atoms with Gasteiger partial charge in [-0.05, 0) is 97.5 Å². The summed E-state index contributed by atoms with van der Waals surface area (Å²) in [4.78, 5) is 6.50. The zero-order chi connectivity index (χ0) is 50.6. The van der Waals surface area contributed by atoms with Crippen molar-refractivity contribution in [2.24, 2.45) is 0 Å². The third-order valence-corrected chi connectivity index (χ3v) is 17.5. The molecule has 0 unspecified atom stereocenters. The molecule has 1 aromatic carbocycles. The molecule has 0 saturated carbocycles. The normalized spacial score (nSPS) is 11.5. The average Bonchev–Trinajstić information content (AvgIpc) is 4.16. The Balaban J connectivity index is 1.60. The zero-order valence-electron chi connectivity index (χ0n) is 45.2. The van der Waals surface area contributed by atoms with Crippen molar-refractivity contribution < 1.29 is 9.47 Å². The van der Waals surface area contributed by atoms with E-state index in [1.54, 1.807) is 11.3 Å². The first-order valence-electron chi connectivity index (χ1n) is 28.9. The summed E-state index contributed by atoms with van der Waals surface area (Å²) >= 11 is 5.61. The van der Waals surface area contributed by atoms with Crippen LogP contribution in [0, 0.1) is 22.7 Å². The van der Waals surface area contributed by atoms with Gasteiger partial charge < -0.3 is 9.47 Å². The molecular formula is C64H94N2O2S3. The fraction of sp³-hybridized carbons (Fsp3) is 0.625. The number of aryl methyl sites for hydroxylation is 2. The van der Waals surface area contributed by atoms with Crippen molar-refractivity contribution in [3.8, 4) is 43.1 Å². The lowest BCUT2D eigenvalue weighted by atomic mass is 9.98. The number of unbranched alkanes of at least 4 members (excludes halogenated alkanes) is 28. The molecule has 3 aromatic heterocycles. The molecule has 0 aliphatic heterocycles. The maximum absolute atomic E-state index is 11.0. The van der Waals surface area contributed by atoms with Crippen LogP contribution in [0.25, 0.3) is 36.7 Å². The summed E-state index contributed by atoms with van der Waals surface area (Å²) in [5, 5.41) is 23.4. The van der Waals surface area contributed by atoms with Crippen molar-refractivity contribution in [1.29, 1.82) is 10.5 Å². The topological polar surface area (TPSA) is 66.0 Å². The molecule has 4 nitrogen and oxygen atoms in total. The summed E-state index contributed by atoms with van der Waals surface area (Å²) in [6, 6.07) is 18.1. The van der Waals surface area contributed by atoms with E-state index in [0.717, 1.165) is 49.8 Å². The Morgan fingerprint density at radius 2 is 0.901 bits per heavy atom. The number of hydrogen-bond donors (Lipinski definition) is 0. The molecule has 0 N–H and O–H groups in total. The first-order chi connectivity index (χ1) is 35.0. The minimum absolute atomic E-state index is 0.343. The molecule has 0 aliphatic carbocycles. The van der Waals surface area contributed by atoms with E-state index in [9.17, 15) is 10.5 Å². The third kappa shape index (κ3) is 23.0. The average molecular weight is 1020 g/mol. The SMILES string of the molecule is C=C(C#N)c1cc(OCCCCCCCCCCCC)c(/C(C#N)=C/c2cc(CCCCCCCC)c(-c3ccc(-c4sccc4CCCCCCCC)s3)s2)cc1OCCCCCCCCCCCC. The number of thiophene rings is 3. The summed E-state index contributed by atoms with van der Waals surface area (Å²) in [5.74, 6) is 1.21. The number of rotatable bonds is 43. The molecule has 0 aliphatic rings. The van der Waals surface area contributed by atoms with Crippen molar-refractivity contribution in [2.75, 3.05) is 13.2 Å². The van der Waals surface area contributed by atoms with Gasteiger partial charge in [0.25, 0.3) is 0 Å². The highest BCUT2D eigenvalue weighted by atomic mass is 32.1. The summed E-state index contributed by atoms with van der Waals surface area (Å²) < 4.78 is 13.2. The zero-order valence-corrected chi connectivity index (χ0v) is 47.7. The van der Waals surface area contributed by atoms with Gasteiger partial charge in [-0.3, -0.25) is 0 Å². The van der Waals surface area contributed by atoms with Gasteiger partial charge >= 0.3 is 0 Å². The van der Waals surface area contributed by atoms with E-state index >= 15 is 0 Å². The smallest absolute Gasteiger partial charge is 0.128 e. The van der Waals surface area contributed by atoms with Gasteiger partial charge in [0, 0.05) is 35.5 Å². The summed E-state index contributed by atoms with van der Waals surface area (Å²) in [6.45, 7) is 14.4. The van der Waals surface area contributed by atoms with Crippen LogP contribution in [0.1, 0.15) is 260 Å². The molecule has 3 heterocycles. The van der Waals surface area contributed by atoms with Crippen molar-refractivity contribution in [3.05, 3.63) is 75.5 Å². The molecule has 0 saturated heterocycles. The Morgan fingerprint density at radius 3 is 1.38 bits per heavy atom. The number of ether oxygens (including phenoxy) is 2. The van der Waals surface area contributed by atoms with Crippen LogP contribution >= 0.6 is 34.0 Å². The second-order valence-corrected chi connectivity index (χ2v) is 23.2. The highest BCUT2D eigenvalue weighted by Gasteiger charge is 2.20. The van der Waals surface area contributed by atoms with Gasteiger partial charge in [-0.1, -0.05) is 214 Å². The summed E-state index contributed by atoms with van der Waals surface area (Å²) in [6.07, 6.45) is 44.7. The second kappa shape index (κ2) is 38.0. The molecule has 0 amide bonds. The minimum atomic E-state index is 0.343. The van der Waals surface area contributed by atoms with E-state index in [4.69, 9.17) is 9.47 Å². The Morgan fingerprint density at radius 1 is 0.479 bits per heavy atom. The first-order valence-corrected chi connectivity index (χ1v) is 31.4. The van der Waals surface area contributed by atoms with Gasteiger partial charge in [-0.15, -0.1) is 34.0 Å². The Bertz CT molecular complexity index is 2160. The lowest BCUT2D eigenvalue weighted by Crippen LogP contribution is -2.05. The second-order valence-electron chi connectivity index (χ2n) is 20.1. The fourth-order valence-corrected chi connectivity index (χ4v) is 13.0. The maximum Gasteiger partial charge on any atom is 0.128 e. The number of nitriles is 2. The lowest BCUT2D eigenvalue weighted by Gasteiger charge is -2.17. The van der Waals surface area contributed by atoms with Gasteiger partial charge in [-0.25, -0.2) is 0 Å². The molecule has 7 heteroatoms. The van der Waals surface area contributed by atoms with Crippen LogP contribution in [0.5, 0.6) is 11.5 Å². The molecule has 0 bridgehead atoms. The van der Waals surface area contributed by atoms with Crippen molar-refractivity contribution in [2.45, 2.75) is 246 Å². The van der Waals surface area contributed by atoms with E-state index in [1.165, 1.54) is 204 Å². The first kappa shape index (κ1) is 59.9. The van der Waals surface area contributed by atoms with Crippen LogP contribution in [0.3, 0.4) is 0 Å². The van der Waals surface area contributed by atoms with Crippen molar-refractivity contribution in [3.63, 3.8) is 0 Å². The highest BCUT2D eigenvalue weighted by Crippen LogP contribution is 2.45. The molecule has 390 valence electrons. The van der Waals surface area contributed by atoms with Crippen LogP contribution in [-0.2, 0) is 12.8 Å². The third-order valence-electron chi connectivity index (χ3n) is 14.0. The van der Waals surface area contributed by atoms with E-state index in [0.29, 0.717) is 47.0 Å². The van der Waals surface area contributed by atoms with Gasteiger partial charge in [0.15, 0.2) is 0 Å². The van der Waals surface area contributed by atoms with Crippen molar-refractivity contribution >= 4 is 51.2 Å². The molecule has 4 rings (SSSR count). The van der Waals surface area contributed by atoms with Crippen LogP contribution in [0.4, 0.5) is 0 Å². The van der Waals surface area contributed by atoms with Crippen LogP contribution in [0.2, 0.25) is 0 Å². The molecule has 0 spiro atoms. The van der Waals surface area contributed by atoms with E-state index in [1.807, 2.05) is 34.8 Å². The largest absolute Gasteiger partial charge is 0.493 e. The summed E-state index contributed by atoms with van der Waals surface area (Å²) in [7, 11) is 0. The number of benzene rings is 1. The number of allylic oxidation sites excluding steroid dienone is 2. The lowest BCUT2D eigenvalue weighted by molar-refractivity contribution is 0.295. The predicted molar refractivity (Wildman–Crippen MR) is 314 cm³/mol. The standard InChI is InChI=1S/C64H94N2O2S3/c1-6-10-14-18-22-24-26-28-32-36-43-67-59-49-58(60(48-57(59)52(5)50-65)68-44-37-33-29-27-25-23-19-15-11-7-2)55(51-66)47-56-46-54(39-35-31-21-17-13-9-4)64(70-56)62-41-40-61(71-62)63-53(42-45-69-63)38-34-30-20-16-12-8-3/h40-42,45-49H,5-39,43-44H2,1-4H3/b55-47+. The van der Waals surface area contributed by atoms with Gasteiger partial charge in [0.05, 0.1) is 36.5 Å². The molecule has 71 heavy (non-hydrogen) atoms. The molecule has 4 aromatic rings. The van der Waals surface area contributed by atoms with Gasteiger partial charge in [0.1, 0.15) is 11.5 Å². The van der Waals surface area contributed by atoms with Crippen molar-refractivity contribution in [1.82, 2.24) is 0 Å². The number of hydrogen-bond acceptors (Lipinski definition) is 7. The summed E-state index contributed by atoms with van der Waals surface area (Å²) in [5.41, 5.74) is 5.11.